The minimum atomic E-state index is -4.18. The second-order valence-corrected chi connectivity index (χ2v) is 13.5. The van der Waals surface area contributed by atoms with Crippen LogP contribution in [0.15, 0.2) is 71.6 Å². The van der Waals surface area contributed by atoms with Gasteiger partial charge in [0.15, 0.2) is 0 Å². The number of methoxy groups -OCH3 is 1. The lowest BCUT2D eigenvalue weighted by atomic mass is 9.95. The number of carbonyl (C=O) groups excluding carboxylic acids is 2. The average Bonchev–Trinajstić information content (AvgIpc) is 3.01. The van der Waals surface area contributed by atoms with Gasteiger partial charge >= 0.3 is 0 Å². The maximum atomic E-state index is 14.1. The summed E-state index contributed by atoms with van der Waals surface area (Å²) in [5, 5.41) is 3.77. The number of nitrogens with zero attached hydrogens (tertiary/aromatic N) is 2. The van der Waals surface area contributed by atoms with Gasteiger partial charge in [0.1, 0.15) is 18.3 Å². The number of hydrogen-bond acceptors (Lipinski definition) is 5. The van der Waals surface area contributed by atoms with Crippen molar-refractivity contribution in [2.75, 3.05) is 18.0 Å². The van der Waals surface area contributed by atoms with Gasteiger partial charge < -0.3 is 15.0 Å². The third kappa shape index (κ3) is 8.22. The van der Waals surface area contributed by atoms with Crippen LogP contribution in [0.3, 0.4) is 0 Å². The van der Waals surface area contributed by atoms with Crippen molar-refractivity contribution < 1.29 is 22.7 Å². The standard InChI is InChI=1S/C32H37Cl2N3O5S/c1-22-9-12-26(13-10-22)37(43(40,41)28-16-14-27(42-3)15-17-28)21-31(38)36(20-24-11-18-29(33)30(34)19-24)23(2)32(39)35-25-7-5-4-6-8-25/h9-19,23,25H,4-8,20-21H2,1-3H3,(H,35,39)/t23-/m1/s1. The first-order chi connectivity index (χ1) is 20.5. The number of sulfonamides is 1. The van der Waals surface area contributed by atoms with Crippen LogP contribution in [0.1, 0.15) is 50.2 Å². The van der Waals surface area contributed by atoms with E-state index in [1.54, 1.807) is 61.5 Å². The Morgan fingerprint density at radius 3 is 2.21 bits per heavy atom. The van der Waals surface area contributed by atoms with Gasteiger partial charge in [-0.25, -0.2) is 8.42 Å². The van der Waals surface area contributed by atoms with E-state index >= 15 is 0 Å². The van der Waals surface area contributed by atoms with Crippen molar-refractivity contribution in [3.63, 3.8) is 0 Å². The number of halogens is 2. The first-order valence-electron chi connectivity index (χ1n) is 14.3. The number of benzene rings is 3. The van der Waals surface area contributed by atoms with Gasteiger partial charge in [-0.15, -0.1) is 0 Å². The molecule has 4 rings (SSSR count). The Bertz CT molecular complexity index is 1530. The largest absolute Gasteiger partial charge is 0.497 e. The van der Waals surface area contributed by atoms with Gasteiger partial charge in [0.25, 0.3) is 10.0 Å². The zero-order valence-electron chi connectivity index (χ0n) is 24.6. The van der Waals surface area contributed by atoms with Crippen LogP contribution in [0.4, 0.5) is 5.69 Å². The van der Waals surface area contributed by atoms with Crippen LogP contribution < -0.4 is 14.4 Å². The number of hydrogen-bond donors (Lipinski definition) is 1. The van der Waals surface area contributed by atoms with Crippen molar-refractivity contribution in [1.29, 1.82) is 0 Å². The Balaban J connectivity index is 1.68. The third-order valence-electron chi connectivity index (χ3n) is 7.70. The number of carbonyl (C=O) groups is 2. The monoisotopic (exact) mass is 645 g/mol. The molecule has 0 spiro atoms. The Morgan fingerprint density at radius 2 is 1.60 bits per heavy atom. The normalized spacial score (nSPS) is 14.5. The van der Waals surface area contributed by atoms with Gasteiger partial charge in [0.05, 0.1) is 27.7 Å². The maximum Gasteiger partial charge on any atom is 0.264 e. The molecule has 0 radical (unpaired) electrons. The van der Waals surface area contributed by atoms with E-state index in [0.717, 1.165) is 42.0 Å². The highest BCUT2D eigenvalue weighted by Crippen LogP contribution is 2.28. The zero-order chi connectivity index (χ0) is 31.1. The molecule has 8 nitrogen and oxygen atoms in total. The van der Waals surface area contributed by atoms with E-state index in [1.807, 2.05) is 6.92 Å². The number of anilines is 1. The van der Waals surface area contributed by atoms with Gasteiger partial charge in [-0.3, -0.25) is 13.9 Å². The molecule has 3 aromatic carbocycles. The topological polar surface area (TPSA) is 96.0 Å². The van der Waals surface area contributed by atoms with Crippen LogP contribution in [0.25, 0.3) is 0 Å². The molecule has 0 aromatic heterocycles. The molecule has 1 aliphatic carbocycles. The molecule has 0 aliphatic heterocycles. The number of nitrogens with one attached hydrogen (secondary N) is 1. The van der Waals surface area contributed by atoms with E-state index in [1.165, 1.54) is 24.1 Å². The van der Waals surface area contributed by atoms with E-state index in [-0.39, 0.29) is 23.4 Å². The summed E-state index contributed by atoms with van der Waals surface area (Å²) in [6, 6.07) is 17.0. The molecule has 1 atom stereocenters. The molecule has 11 heteroatoms. The van der Waals surface area contributed by atoms with E-state index in [2.05, 4.69) is 5.32 Å². The minimum Gasteiger partial charge on any atom is -0.497 e. The quantitative estimate of drug-likeness (QED) is 0.261. The van der Waals surface area contributed by atoms with E-state index in [4.69, 9.17) is 27.9 Å². The highest BCUT2D eigenvalue weighted by atomic mass is 35.5. The summed E-state index contributed by atoms with van der Waals surface area (Å²) >= 11 is 12.4. The molecule has 0 bridgehead atoms. The van der Waals surface area contributed by atoms with Crippen LogP contribution in [0.5, 0.6) is 5.75 Å². The lowest BCUT2D eigenvalue weighted by Crippen LogP contribution is -2.53. The number of amides is 2. The second kappa shape index (κ2) is 14.5. The Labute approximate surface area is 264 Å². The summed E-state index contributed by atoms with van der Waals surface area (Å²) in [5.74, 6) is -0.335. The summed E-state index contributed by atoms with van der Waals surface area (Å²) in [6.07, 6.45) is 5.00. The van der Waals surface area contributed by atoms with Gasteiger partial charge in [-0.1, -0.05) is 66.2 Å². The fourth-order valence-corrected chi connectivity index (χ4v) is 6.84. The molecule has 0 unspecified atom stereocenters. The van der Waals surface area contributed by atoms with Crippen LogP contribution in [-0.2, 0) is 26.2 Å². The number of rotatable bonds is 11. The number of aryl methyl sites for hydroxylation is 1. The molecule has 2 amide bonds. The molecule has 1 fully saturated rings. The van der Waals surface area contributed by atoms with Crippen molar-refractivity contribution in [3.05, 3.63) is 87.9 Å². The van der Waals surface area contributed by atoms with Gasteiger partial charge in [-0.05, 0) is 80.8 Å². The second-order valence-electron chi connectivity index (χ2n) is 10.8. The SMILES string of the molecule is COc1ccc(S(=O)(=O)N(CC(=O)N(Cc2ccc(Cl)c(Cl)c2)[C@H](C)C(=O)NC2CCCCC2)c2ccc(C)cc2)cc1. The van der Waals surface area contributed by atoms with Gasteiger partial charge in [0.2, 0.25) is 11.8 Å². The summed E-state index contributed by atoms with van der Waals surface area (Å²) in [6.45, 7) is 3.05. The fraction of sp³-hybridized carbons (Fsp3) is 0.375. The van der Waals surface area contributed by atoms with E-state index in [9.17, 15) is 18.0 Å². The van der Waals surface area contributed by atoms with Crippen LogP contribution in [-0.4, -0.2) is 50.9 Å². The number of ether oxygens (including phenoxy) is 1. The highest BCUT2D eigenvalue weighted by Gasteiger charge is 2.33. The molecule has 3 aromatic rings. The third-order valence-corrected chi connectivity index (χ3v) is 10.2. The van der Waals surface area contributed by atoms with E-state index in [0.29, 0.717) is 27.0 Å². The summed E-state index contributed by atoms with van der Waals surface area (Å²) in [7, 11) is -2.69. The van der Waals surface area contributed by atoms with Crippen LogP contribution in [0.2, 0.25) is 10.0 Å². The fourth-order valence-electron chi connectivity index (χ4n) is 5.10. The van der Waals surface area contributed by atoms with Gasteiger partial charge in [-0.2, -0.15) is 0 Å². The molecule has 0 heterocycles. The predicted octanol–water partition coefficient (Wildman–Crippen LogP) is 6.37. The lowest BCUT2D eigenvalue weighted by Gasteiger charge is -2.33. The molecule has 43 heavy (non-hydrogen) atoms. The molecular formula is C32H37Cl2N3O5S. The summed E-state index contributed by atoms with van der Waals surface area (Å²) in [5.41, 5.74) is 1.91. The Hall–Kier alpha value is -3.27. The van der Waals surface area contributed by atoms with Crippen molar-refractivity contribution in [1.82, 2.24) is 10.2 Å². The summed E-state index contributed by atoms with van der Waals surface area (Å²) in [4.78, 5) is 29.0. The molecule has 230 valence electrons. The maximum absolute atomic E-state index is 14.1. The molecule has 1 saturated carbocycles. The Kier molecular flexibility index (Phi) is 11.0. The predicted molar refractivity (Wildman–Crippen MR) is 170 cm³/mol. The molecule has 0 saturated heterocycles. The smallest absolute Gasteiger partial charge is 0.264 e. The van der Waals surface area contributed by atoms with Crippen molar-refractivity contribution in [3.8, 4) is 5.75 Å². The van der Waals surface area contributed by atoms with Crippen molar-refractivity contribution >= 4 is 50.7 Å². The average molecular weight is 647 g/mol. The lowest BCUT2D eigenvalue weighted by molar-refractivity contribution is -0.139. The Morgan fingerprint density at radius 1 is 0.953 bits per heavy atom. The highest BCUT2D eigenvalue weighted by molar-refractivity contribution is 7.92. The zero-order valence-corrected chi connectivity index (χ0v) is 26.9. The first-order valence-corrected chi connectivity index (χ1v) is 16.5. The minimum absolute atomic E-state index is 0.000739. The molecule has 1 aliphatic rings. The van der Waals surface area contributed by atoms with Crippen molar-refractivity contribution in [2.24, 2.45) is 0 Å². The molecule has 1 N–H and O–H groups in total. The first kappa shape index (κ1) is 32.6. The molecular weight excluding hydrogens is 609 g/mol. The van der Waals surface area contributed by atoms with Crippen molar-refractivity contribution in [2.45, 2.75) is 69.5 Å². The van der Waals surface area contributed by atoms with E-state index < -0.39 is 28.5 Å². The van der Waals surface area contributed by atoms with Gasteiger partial charge in [0, 0.05) is 12.6 Å². The van der Waals surface area contributed by atoms with Crippen LogP contribution in [0, 0.1) is 6.92 Å². The van der Waals surface area contributed by atoms with Crippen LogP contribution >= 0.6 is 23.2 Å². The summed E-state index contributed by atoms with van der Waals surface area (Å²) < 4.78 is 34.2.